The van der Waals surface area contributed by atoms with Gasteiger partial charge in [-0.3, -0.25) is 9.78 Å². The topological polar surface area (TPSA) is 90.4 Å². The summed E-state index contributed by atoms with van der Waals surface area (Å²) in [6, 6.07) is 0.490. The number of alkyl halides is 2. The molecule has 0 radical (unpaired) electrons. The highest BCUT2D eigenvalue weighted by atomic mass is 19.3. The van der Waals surface area contributed by atoms with Gasteiger partial charge in [-0.1, -0.05) is 0 Å². The van der Waals surface area contributed by atoms with Crippen LogP contribution in [0.15, 0.2) is 10.9 Å². The first-order valence-electron chi connectivity index (χ1n) is 3.41. The van der Waals surface area contributed by atoms with Crippen LogP contribution in [-0.2, 0) is 0 Å². The van der Waals surface area contributed by atoms with E-state index in [1.807, 2.05) is 0 Å². The summed E-state index contributed by atoms with van der Waals surface area (Å²) >= 11 is 0. The fourth-order valence-electron chi connectivity index (χ4n) is 0.954. The first kappa shape index (κ1) is 10.2. The Morgan fingerprint density at radius 2 is 2.07 bits per heavy atom. The largest absolute Gasteiger partial charge is 0.494 e. The molecule has 0 fully saturated rings. The van der Waals surface area contributed by atoms with E-state index in [-0.39, 0.29) is 0 Å². The molecule has 0 atom stereocenters. The number of nitrogens with one attached hydrogen (secondary N) is 1. The van der Waals surface area contributed by atoms with Gasteiger partial charge in [0, 0.05) is 6.07 Å². The van der Waals surface area contributed by atoms with Crippen molar-refractivity contribution >= 4 is 5.97 Å². The highest BCUT2D eigenvalue weighted by Crippen LogP contribution is 2.28. The van der Waals surface area contributed by atoms with Gasteiger partial charge in [0.15, 0.2) is 0 Å². The number of pyridine rings is 1. The molecule has 0 amide bonds. The van der Waals surface area contributed by atoms with Crippen molar-refractivity contribution in [2.45, 2.75) is 6.43 Å². The van der Waals surface area contributed by atoms with Crippen molar-refractivity contribution in [2.75, 3.05) is 0 Å². The molecule has 0 unspecified atom stereocenters. The number of aromatic nitrogens is 1. The molecular weight excluding hydrogens is 200 g/mol. The third kappa shape index (κ3) is 1.70. The zero-order valence-corrected chi connectivity index (χ0v) is 6.62. The molecule has 1 heterocycles. The van der Waals surface area contributed by atoms with Gasteiger partial charge < -0.3 is 10.2 Å². The molecule has 0 aliphatic carbocycles. The summed E-state index contributed by atoms with van der Waals surface area (Å²) in [7, 11) is 0. The van der Waals surface area contributed by atoms with Crippen molar-refractivity contribution in [1.29, 1.82) is 0 Å². The van der Waals surface area contributed by atoms with Crippen LogP contribution in [0.2, 0.25) is 0 Å². The Labute approximate surface area is 75.6 Å². The van der Waals surface area contributed by atoms with E-state index >= 15 is 0 Å². The quantitative estimate of drug-likeness (QED) is 0.663. The van der Waals surface area contributed by atoms with E-state index in [0.717, 1.165) is 0 Å². The summed E-state index contributed by atoms with van der Waals surface area (Å²) in [5, 5.41) is 17.4. The molecule has 0 saturated heterocycles. The second-order valence-corrected chi connectivity index (χ2v) is 2.42. The molecule has 3 N–H and O–H groups in total. The minimum atomic E-state index is -3.17. The average molecular weight is 205 g/mol. The maximum absolute atomic E-state index is 12.2. The normalized spacial score (nSPS) is 10.5. The summed E-state index contributed by atoms with van der Waals surface area (Å²) in [5.74, 6) is -2.81. The molecule has 76 valence electrons. The number of aromatic carboxylic acids is 1. The number of aromatic amines is 1. The third-order valence-electron chi connectivity index (χ3n) is 1.51. The number of hydrogen-bond donors (Lipinski definition) is 3. The molecule has 0 saturated carbocycles. The highest BCUT2D eigenvalue weighted by molar-refractivity contribution is 5.89. The zero-order chi connectivity index (χ0) is 10.9. The van der Waals surface area contributed by atoms with Crippen LogP contribution in [0.25, 0.3) is 0 Å². The minimum absolute atomic E-state index is 0.490. The van der Waals surface area contributed by atoms with Gasteiger partial charge in [-0.2, -0.15) is 0 Å². The number of carboxylic acids is 1. The van der Waals surface area contributed by atoms with Gasteiger partial charge >= 0.3 is 5.97 Å². The Morgan fingerprint density at radius 1 is 1.50 bits per heavy atom. The van der Waals surface area contributed by atoms with Gasteiger partial charge in [0.2, 0.25) is 5.88 Å². The van der Waals surface area contributed by atoms with Crippen molar-refractivity contribution in [3.8, 4) is 5.88 Å². The Morgan fingerprint density at radius 3 is 2.50 bits per heavy atom. The number of H-pyrrole nitrogens is 1. The fourth-order valence-corrected chi connectivity index (χ4v) is 0.954. The standard InChI is InChI=1S/C7H5F2NO4/c8-5(9)4-2(7(13)14)1-3(11)10-6(4)12/h1,5H,(H,13,14)(H2,10,11,12). The molecule has 0 bridgehead atoms. The molecule has 1 aromatic rings. The van der Waals surface area contributed by atoms with E-state index in [1.165, 1.54) is 0 Å². The lowest BCUT2D eigenvalue weighted by Crippen LogP contribution is -2.13. The third-order valence-corrected chi connectivity index (χ3v) is 1.51. The van der Waals surface area contributed by atoms with Crippen molar-refractivity contribution in [3.63, 3.8) is 0 Å². The smallest absolute Gasteiger partial charge is 0.336 e. The molecule has 1 rings (SSSR count). The summed E-state index contributed by atoms with van der Waals surface area (Å²) in [6.45, 7) is 0. The van der Waals surface area contributed by atoms with Crippen molar-refractivity contribution in [1.82, 2.24) is 4.98 Å². The Kier molecular flexibility index (Phi) is 2.50. The number of rotatable bonds is 2. The van der Waals surface area contributed by atoms with E-state index in [0.29, 0.717) is 6.07 Å². The number of halogens is 2. The van der Waals surface area contributed by atoms with E-state index in [1.54, 1.807) is 4.98 Å². The van der Waals surface area contributed by atoms with Gasteiger partial charge in [0.1, 0.15) is 0 Å². The Balaban J connectivity index is 3.52. The van der Waals surface area contributed by atoms with E-state index in [2.05, 4.69) is 0 Å². The van der Waals surface area contributed by atoms with Crippen LogP contribution in [0.5, 0.6) is 5.88 Å². The lowest BCUT2D eigenvalue weighted by Gasteiger charge is -2.05. The fraction of sp³-hybridized carbons (Fsp3) is 0.143. The zero-order valence-electron chi connectivity index (χ0n) is 6.62. The molecule has 0 spiro atoms. The van der Waals surface area contributed by atoms with Crippen LogP contribution >= 0.6 is 0 Å². The van der Waals surface area contributed by atoms with Crippen LogP contribution in [0.1, 0.15) is 22.3 Å². The molecule has 1 aromatic heterocycles. The van der Waals surface area contributed by atoms with Crippen LogP contribution in [-0.4, -0.2) is 21.2 Å². The summed E-state index contributed by atoms with van der Waals surface area (Å²) in [4.78, 5) is 22.8. The SMILES string of the molecule is O=C(O)c1cc(=O)[nH]c(O)c1C(F)F. The summed E-state index contributed by atoms with van der Waals surface area (Å²) in [5.41, 5.74) is -2.94. The molecule has 0 aliphatic heterocycles. The molecular formula is C7H5F2NO4. The molecule has 14 heavy (non-hydrogen) atoms. The second kappa shape index (κ2) is 3.44. The maximum atomic E-state index is 12.2. The van der Waals surface area contributed by atoms with Crippen LogP contribution < -0.4 is 5.56 Å². The molecule has 0 aliphatic rings. The predicted octanol–water partition coefficient (Wildman–Crippen LogP) is 0.716. The summed E-state index contributed by atoms with van der Waals surface area (Å²) in [6.07, 6.45) is -3.17. The van der Waals surface area contributed by atoms with Gasteiger partial charge in [0.05, 0.1) is 11.1 Å². The summed E-state index contributed by atoms with van der Waals surface area (Å²) < 4.78 is 24.5. The number of aromatic hydroxyl groups is 1. The van der Waals surface area contributed by atoms with Crippen LogP contribution in [0, 0.1) is 0 Å². The highest BCUT2D eigenvalue weighted by Gasteiger charge is 2.23. The van der Waals surface area contributed by atoms with Crippen LogP contribution in [0.3, 0.4) is 0 Å². The van der Waals surface area contributed by atoms with Gasteiger partial charge in [-0.25, -0.2) is 13.6 Å². The number of carboxylic acid groups (broad SMARTS) is 1. The average Bonchev–Trinajstić information content (AvgIpc) is 2.01. The van der Waals surface area contributed by atoms with E-state index in [9.17, 15) is 18.4 Å². The lowest BCUT2D eigenvalue weighted by atomic mass is 10.1. The minimum Gasteiger partial charge on any atom is -0.494 e. The van der Waals surface area contributed by atoms with Crippen molar-refractivity contribution < 1.29 is 23.8 Å². The Hall–Kier alpha value is -1.92. The Bertz CT molecular complexity index is 426. The first-order chi connectivity index (χ1) is 6.43. The maximum Gasteiger partial charge on any atom is 0.336 e. The molecule has 5 nitrogen and oxygen atoms in total. The van der Waals surface area contributed by atoms with Crippen LogP contribution in [0.4, 0.5) is 8.78 Å². The van der Waals surface area contributed by atoms with Crippen molar-refractivity contribution in [2.24, 2.45) is 0 Å². The number of hydrogen-bond acceptors (Lipinski definition) is 3. The molecule has 0 aromatic carbocycles. The first-order valence-corrected chi connectivity index (χ1v) is 3.41. The van der Waals surface area contributed by atoms with E-state index < -0.39 is 35.0 Å². The monoisotopic (exact) mass is 205 g/mol. The number of carbonyl (C=O) groups is 1. The second-order valence-electron chi connectivity index (χ2n) is 2.42. The molecule has 7 heteroatoms. The predicted molar refractivity (Wildman–Crippen MR) is 40.6 cm³/mol. The van der Waals surface area contributed by atoms with Crippen molar-refractivity contribution in [3.05, 3.63) is 27.5 Å². The van der Waals surface area contributed by atoms with Gasteiger partial charge in [-0.05, 0) is 0 Å². The van der Waals surface area contributed by atoms with Gasteiger partial charge in [0.25, 0.3) is 12.0 Å². The van der Waals surface area contributed by atoms with Gasteiger partial charge in [-0.15, -0.1) is 0 Å². The van der Waals surface area contributed by atoms with E-state index in [4.69, 9.17) is 10.2 Å². The lowest BCUT2D eigenvalue weighted by molar-refractivity contribution is 0.0682.